The lowest BCUT2D eigenvalue weighted by Gasteiger charge is -2.21. The summed E-state index contributed by atoms with van der Waals surface area (Å²) in [5, 5.41) is 6.73. The summed E-state index contributed by atoms with van der Waals surface area (Å²) in [5.74, 6) is 1.51. The molecule has 2 rings (SSSR count). The van der Waals surface area contributed by atoms with E-state index in [-0.39, 0.29) is 0 Å². The molecule has 1 fully saturated rings. The summed E-state index contributed by atoms with van der Waals surface area (Å²) >= 11 is 0. The summed E-state index contributed by atoms with van der Waals surface area (Å²) in [5.41, 5.74) is 2.42. The van der Waals surface area contributed by atoms with Crippen molar-refractivity contribution >= 4 is 5.96 Å². The number of guanidine groups is 1. The zero-order valence-corrected chi connectivity index (χ0v) is 18.3. The van der Waals surface area contributed by atoms with E-state index in [0.717, 1.165) is 77.8 Å². The van der Waals surface area contributed by atoms with E-state index in [1.54, 1.807) is 0 Å². The van der Waals surface area contributed by atoms with E-state index < -0.39 is 0 Å². The normalized spacial score (nSPS) is 15.4. The van der Waals surface area contributed by atoms with Gasteiger partial charge in [-0.1, -0.05) is 31.2 Å². The van der Waals surface area contributed by atoms with Gasteiger partial charge < -0.3 is 24.8 Å². The van der Waals surface area contributed by atoms with Crippen LogP contribution in [0.3, 0.4) is 0 Å². The molecule has 0 spiro atoms. The fourth-order valence-electron chi connectivity index (χ4n) is 3.23. The first kappa shape index (κ1) is 23.6. The van der Waals surface area contributed by atoms with Crippen molar-refractivity contribution in [2.75, 3.05) is 46.1 Å². The summed E-state index contributed by atoms with van der Waals surface area (Å²) in [6, 6.07) is 8.37. The van der Waals surface area contributed by atoms with Crippen molar-refractivity contribution in [3.8, 4) is 0 Å². The van der Waals surface area contributed by atoms with Gasteiger partial charge in [0.15, 0.2) is 5.96 Å². The molecule has 0 radical (unpaired) electrons. The number of nitrogens with zero attached hydrogens (tertiary/aromatic N) is 1. The van der Waals surface area contributed by atoms with Gasteiger partial charge in [0.25, 0.3) is 0 Å². The van der Waals surface area contributed by atoms with E-state index in [9.17, 15) is 0 Å². The molecule has 0 unspecified atom stereocenters. The lowest BCUT2D eigenvalue weighted by atomic mass is 10.0. The maximum Gasteiger partial charge on any atom is 0.191 e. The van der Waals surface area contributed by atoms with Gasteiger partial charge in [0.1, 0.15) is 0 Å². The van der Waals surface area contributed by atoms with Gasteiger partial charge >= 0.3 is 0 Å². The van der Waals surface area contributed by atoms with Gasteiger partial charge in [-0.15, -0.1) is 0 Å². The minimum atomic E-state index is 0.640. The highest BCUT2D eigenvalue weighted by Gasteiger charge is 2.13. The quantitative estimate of drug-likeness (QED) is 0.299. The molecule has 1 aromatic carbocycles. The Kier molecular flexibility index (Phi) is 12.4. The predicted octanol–water partition coefficient (Wildman–Crippen LogP) is 3.50. The molecular weight excluding hydrogens is 366 g/mol. The van der Waals surface area contributed by atoms with Crippen molar-refractivity contribution < 1.29 is 14.2 Å². The molecule has 0 saturated carbocycles. The maximum atomic E-state index is 5.84. The Balaban J connectivity index is 1.70. The minimum absolute atomic E-state index is 0.640. The summed E-state index contributed by atoms with van der Waals surface area (Å²) in [6.45, 7) is 11.4. The largest absolute Gasteiger partial charge is 0.381 e. The molecule has 0 bridgehead atoms. The van der Waals surface area contributed by atoms with Crippen molar-refractivity contribution in [1.29, 1.82) is 0 Å². The smallest absolute Gasteiger partial charge is 0.191 e. The number of rotatable bonds is 13. The standard InChI is InChI=1S/C23H39N3O3/c1-3-13-28-19-22-9-6-5-8-21(22)17-26-23(24-4-2)25-12-7-14-29-18-20-10-15-27-16-11-20/h5-6,8-9,20H,3-4,7,10-19H2,1-2H3,(H2,24,25,26). The summed E-state index contributed by atoms with van der Waals surface area (Å²) in [7, 11) is 0. The Morgan fingerprint density at radius 1 is 1.07 bits per heavy atom. The van der Waals surface area contributed by atoms with Crippen molar-refractivity contribution in [3.05, 3.63) is 35.4 Å². The molecule has 1 aromatic rings. The van der Waals surface area contributed by atoms with Gasteiger partial charge in [-0.05, 0) is 49.7 Å². The van der Waals surface area contributed by atoms with Crippen LogP contribution in [0.5, 0.6) is 0 Å². The van der Waals surface area contributed by atoms with Crippen LogP contribution in [-0.2, 0) is 27.4 Å². The van der Waals surface area contributed by atoms with Crippen molar-refractivity contribution in [2.24, 2.45) is 10.9 Å². The van der Waals surface area contributed by atoms with Crippen LogP contribution in [0, 0.1) is 5.92 Å². The van der Waals surface area contributed by atoms with Crippen LogP contribution in [0.4, 0.5) is 0 Å². The van der Waals surface area contributed by atoms with Crippen LogP contribution in [0.15, 0.2) is 29.3 Å². The van der Waals surface area contributed by atoms with Gasteiger partial charge in [0, 0.05) is 46.1 Å². The molecule has 1 heterocycles. The van der Waals surface area contributed by atoms with Gasteiger partial charge in [-0.2, -0.15) is 0 Å². The summed E-state index contributed by atoms with van der Waals surface area (Å²) in [4.78, 5) is 4.75. The Hall–Kier alpha value is -1.63. The molecule has 2 N–H and O–H groups in total. The van der Waals surface area contributed by atoms with Crippen LogP contribution < -0.4 is 10.6 Å². The monoisotopic (exact) mass is 405 g/mol. The third-order valence-corrected chi connectivity index (χ3v) is 4.93. The number of benzene rings is 1. The zero-order chi connectivity index (χ0) is 20.6. The van der Waals surface area contributed by atoms with Gasteiger partial charge in [-0.3, -0.25) is 0 Å². The minimum Gasteiger partial charge on any atom is -0.381 e. The molecule has 164 valence electrons. The van der Waals surface area contributed by atoms with E-state index in [4.69, 9.17) is 19.2 Å². The van der Waals surface area contributed by atoms with E-state index >= 15 is 0 Å². The third-order valence-electron chi connectivity index (χ3n) is 4.93. The highest BCUT2D eigenvalue weighted by Crippen LogP contribution is 2.14. The molecule has 0 atom stereocenters. The van der Waals surface area contributed by atoms with Crippen molar-refractivity contribution in [2.45, 2.75) is 52.7 Å². The molecule has 0 amide bonds. The van der Waals surface area contributed by atoms with E-state index in [1.807, 2.05) is 0 Å². The first-order valence-electron chi connectivity index (χ1n) is 11.2. The van der Waals surface area contributed by atoms with Gasteiger partial charge in [0.2, 0.25) is 0 Å². The second-order valence-electron chi connectivity index (χ2n) is 7.43. The third kappa shape index (κ3) is 10.1. The number of hydrogen-bond donors (Lipinski definition) is 2. The average molecular weight is 406 g/mol. The first-order valence-corrected chi connectivity index (χ1v) is 11.2. The molecule has 1 saturated heterocycles. The number of ether oxygens (including phenoxy) is 3. The molecule has 6 heteroatoms. The van der Waals surface area contributed by atoms with Gasteiger partial charge in [0.05, 0.1) is 13.2 Å². The van der Waals surface area contributed by atoms with E-state index in [1.165, 1.54) is 11.1 Å². The van der Waals surface area contributed by atoms with Crippen molar-refractivity contribution in [3.63, 3.8) is 0 Å². The molecule has 1 aliphatic heterocycles. The van der Waals surface area contributed by atoms with Crippen LogP contribution >= 0.6 is 0 Å². The number of nitrogens with one attached hydrogen (secondary N) is 2. The summed E-state index contributed by atoms with van der Waals surface area (Å²) in [6.07, 6.45) is 4.25. The number of hydrogen-bond acceptors (Lipinski definition) is 4. The second kappa shape index (κ2) is 15.2. The van der Waals surface area contributed by atoms with Crippen LogP contribution in [0.25, 0.3) is 0 Å². The van der Waals surface area contributed by atoms with E-state index in [0.29, 0.717) is 19.1 Å². The lowest BCUT2D eigenvalue weighted by Crippen LogP contribution is -2.38. The maximum absolute atomic E-state index is 5.84. The molecule has 6 nitrogen and oxygen atoms in total. The topological polar surface area (TPSA) is 64.1 Å². The fraction of sp³-hybridized carbons (Fsp3) is 0.696. The molecule has 0 aliphatic carbocycles. The Labute approximate surface area is 176 Å². The highest BCUT2D eigenvalue weighted by molar-refractivity contribution is 5.79. The Morgan fingerprint density at radius 2 is 1.86 bits per heavy atom. The lowest BCUT2D eigenvalue weighted by molar-refractivity contribution is 0.0203. The predicted molar refractivity (Wildman–Crippen MR) is 118 cm³/mol. The molecule has 1 aliphatic rings. The van der Waals surface area contributed by atoms with Crippen molar-refractivity contribution in [1.82, 2.24) is 10.6 Å². The first-order chi connectivity index (χ1) is 14.3. The second-order valence-corrected chi connectivity index (χ2v) is 7.43. The average Bonchev–Trinajstić information content (AvgIpc) is 2.76. The number of aliphatic imine (C=N–C) groups is 1. The van der Waals surface area contributed by atoms with Crippen LogP contribution in [0.2, 0.25) is 0 Å². The Morgan fingerprint density at radius 3 is 2.62 bits per heavy atom. The highest BCUT2D eigenvalue weighted by atomic mass is 16.5. The van der Waals surface area contributed by atoms with Crippen LogP contribution in [0.1, 0.15) is 50.7 Å². The molecular formula is C23H39N3O3. The van der Waals surface area contributed by atoms with E-state index in [2.05, 4.69) is 48.7 Å². The molecule has 0 aromatic heterocycles. The zero-order valence-electron chi connectivity index (χ0n) is 18.3. The molecule has 29 heavy (non-hydrogen) atoms. The Bertz CT molecular complexity index is 574. The fourth-order valence-corrected chi connectivity index (χ4v) is 3.23. The van der Waals surface area contributed by atoms with Gasteiger partial charge in [-0.25, -0.2) is 4.99 Å². The SMILES string of the molecule is CCCOCc1ccccc1CN=C(NCC)NCCCOCC1CCOCC1. The van der Waals surface area contributed by atoms with Crippen LogP contribution in [-0.4, -0.2) is 52.1 Å². The summed E-state index contributed by atoms with van der Waals surface area (Å²) < 4.78 is 16.9.